The molecule has 6 unspecified atom stereocenters. The minimum Gasteiger partial charge on any atom is -0.378 e. The smallest absolute Gasteiger partial charge is 0.0657 e. The van der Waals surface area contributed by atoms with Crippen LogP contribution in [0.2, 0.25) is 0 Å². The highest BCUT2D eigenvalue weighted by Gasteiger charge is 2.14. The molecule has 0 saturated carbocycles. The molecule has 2 heteroatoms. The Bertz CT molecular complexity index is 868. The summed E-state index contributed by atoms with van der Waals surface area (Å²) in [5.41, 5.74) is -0.133. The molecule has 0 radical (unpaired) electrons. The van der Waals surface area contributed by atoms with E-state index < -0.39 is 0 Å². The lowest BCUT2D eigenvalue weighted by Crippen LogP contribution is -2.20. The van der Waals surface area contributed by atoms with Gasteiger partial charge in [0.25, 0.3) is 0 Å². The fourth-order valence-corrected chi connectivity index (χ4v) is 4.99. The molecule has 0 aliphatic carbocycles. The van der Waals surface area contributed by atoms with Gasteiger partial charge in [-0.25, -0.2) is 0 Å². The third kappa shape index (κ3) is 25.7. The fourth-order valence-electron chi connectivity index (χ4n) is 4.99. The molecule has 0 aliphatic rings. The Kier molecular flexibility index (Phi) is 23.7. The van der Waals surface area contributed by atoms with Gasteiger partial charge in [-0.1, -0.05) is 140 Å². The van der Waals surface area contributed by atoms with Crippen LogP contribution in [0.15, 0.2) is 72.9 Å². The first-order valence-electron chi connectivity index (χ1n) is 17.8. The highest BCUT2D eigenvalue weighted by molar-refractivity contribution is 5.07. The lowest BCUT2D eigenvalue weighted by molar-refractivity contribution is 0.0251. The van der Waals surface area contributed by atoms with Crippen molar-refractivity contribution in [3.63, 3.8) is 0 Å². The molecule has 0 spiro atoms. The van der Waals surface area contributed by atoms with Gasteiger partial charge in [0.15, 0.2) is 0 Å². The highest BCUT2D eigenvalue weighted by Crippen LogP contribution is 2.21. The lowest BCUT2D eigenvalue weighted by atomic mass is 9.92. The number of methoxy groups -OCH3 is 2. The van der Waals surface area contributed by atoms with E-state index in [9.17, 15) is 0 Å². The molecule has 0 N–H and O–H groups in total. The van der Waals surface area contributed by atoms with Crippen molar-refractivity contribution in [1.29, 1.82) is 0 Å². The Morgan fingerprint density at radius 2 is 0.864 bits per heavy atom. The summed E-state index contributed by atoms with van der Waals surface area (Å²) in [5, 5.41) is 0. The number of hydrogen-bond donors (Lipinski definition) is 0. The average Bonchev–Trinajstić information content (AvgIpc) is 2.95. The maximum atomic E-state index is 5.50. The summed E-state index contributed by atoms with van der Waals surface area (Å²) in [7, 11) is 3.58. The SMILES string of the molecule is COC(C)(C)C/C=C/C(C)C/C=C/C(C)/C=C/CC(C)/C=C/C=C/C(C)CCCC(C)CCCC(C)/C=C/CC(C)(C)OC. The summed E-state index contributed by atoms with van der Waals surface area (Å²) in [6.45, 7) is 22.5. The average molecular weight is 611 g/mol. The zero-order valence-corrected chi connectivity index (χ0v) is 31.3. The Balaban J connectivity index is 4.12. The van der Waals surface area contributed by atoms with Gasteiger partial charge in [0, 0.05) is 14.2 Å². The third-order valence-corrected chi connectivity index (χ3v) is 8.85. The quantitative estimate of drug-likeness (QED) is 0.0756. The molecular weight excluding hydrogens is 536 g/mol. The molecule has 0 amide bonds. The first-order valence-corrected chi connectivity index (χ1v) is 17.8. The predicted octanol–water partition coefficient (Wildman–Crippen LogP) is 12.9. The summed E-state index contributed by atoms with van der Waals surface area (Å²) in [6, 6.07) is 0. The predicted molar refractivity (Wildman–Crippen MR) is 198 cm³/mol. The van der Waals surface area contributed by atoms with Gasteiger partial charge >= 0.3 is 0 Å². The molecule has 0 aromatic heterocycles. The second-order valence-electron chi connectivity index (χ2n) is 15.0. The van der Waals surface area contributed by atoms with Crippen molar-refractivity contribution in [3.8, 4) is 0 Å². The van der Waals surface area contributed by atoms with Crippen LogP contribution in [0.5, 0.6) is 0 Å². The molecule has 0 rings (SSSR count). The summed E-state index contributed by atoms with van der Waals surface area (Å²) in [4.78, 5) is 0. The monoisotopic (exact) mass is 611 g/mol. The van der Waals surface area contributed by atoms with E-state index in [1.807, 2.05) is 0 Å². The van der Waals surface area contributed by atoms with E-state index in [1.54, 1.807) is 14.2 Å². The molecule has 6 atom stereocenters. The molecule has 0 aromatic rings. The standard InChI is InChI=1S/C42H74O2/c1-35(23-15-25-37(3)27-17-29-39(5)31-19-33-41(7,8)43-11)21-13-14-22-36(2)24-16-26-38(4)28-18-30-40(6)32-20-34-42(9,10)44-12/h13-15,17,19-22,25,27,31-32,35-40H,16,18,23-24,26,28-30,33-34H2,1-12H3/b21-13+,22-14+,25-15+,27-17+,31-19+,32-20+. The number of allylic oxidation sites excluding steroid dienone is 10. The maximum absolute atomic E-state index is 5.50. The highest BCUT2D eigenvalue weighted by atomic mass is 16.5. The van der Waals surface area contributed by atoms with E-state index in [4.69, 9.17) is 9.47 Å². The largest absolute Gasteiger partial charge is 0.378 e. The lowest BCUT2D eigenvalue weighted by Gasteiger charge is -2.20. The zero-order chi connectivity index (χ0) is 33.4. The molecule has 44 heavy (non-hydrogen) atoms. The van der Waals surface area contributed by atoms with Crippen LogP contribution in [0, 0.1) is 35.5 Å². The molecule has 0 aromatic carbocycles. The topological polar surface area (TPSA) is 18.5 Å². The summed E-state index contributed by atoms with van der Waals surface area (Å²) >= 11 is 0. The number of rotatable bonds is 25. The van der Waals surface area contributed by atoms with E-state index in [2.05, 4.69) is 142 Å². The Morgan fingerprint density at radius 3 is 1.32 bits per heavy atom. The normalized spacial score (nSPS) is 18.0. The number of ether oxygens (including phenoxy) is 2. The minimum absolute atomic E-state index is 0.0549. The van der Waals surface area contributed by atoms with Crippen LogP contribution in [-0.2, 0) is 9.47 Å². The molecule has 0 heterocycles. The molecule has 2 nitrogen and oxygen atoms in total. The Hall–Kier alpha value is -1.64. The summed E-state index contributed by atoms with van der Waals surface area (Å²) in [5.74, 6) is 3.71. The van der Waals surface area contributed by atoms with Gasteiger partial charge < -0.3 is 9.47 Å². The van der Waals surface area contributed by atoms with Crippen LogP contribution >= 0.6 is 0 Å². The molecule has 0 saturated heterocycles. The van der Waals surface area contributed by atoms with Crippen molar-refractivity contribution >= 4 is 0 Å². The molecular formula is C42H74O2. The molecule has 0 bridgehead atoms. The van der Waals surface area contributed by atoms with Crippen LogP contribution in [-0.4, -0.2) is 25.4 Å². The van der Waals surface area contributed by atoms with Crippen molar-refractivity contribution in [1.82, 2.24) is 0 Å². The van der Waals surface area contributed by atoms with Crippen molar-refractivity contribution in [2.45, 2.75) is 145 Å². The van der Waals surface area contributed by atoms with Crippen LogP contribution < -0.4 is 0 Å². The first-order chi connectivity index (χ1) is 20.7. The van der Waals surface area contributed by atoms with Gasteiger partial charge in [-0.2, -0.15) is 0 Å². The maximum Gasteiger partial charge on any atom is 0.0657 e. The van der Waals surface area contributed by atoms with E-state index in [1.165, 1.54) is 38.5 Å². The van der Waals surface area contributed by atoms with Gasteiger partial charge in [-0.3, -0.25) is 0 Å². The Labute approximate surface area is 276 Å². The summed E-state index contributed by atoms with van der Waals surface area (Å²) in [6.07, 6.45) is 39.8. The van der Waals surface area contributed by atoms with Crippen LogP contribution in [0.3, 0.4) is 0 Å². The van der Waals surface area contributed by atoms with Crippen LogP contribution in [0.1, 0.15) is 133 Å². The minimum atomic E-state index is -0.0778. The van der Waals surface area contributed by atoms with Crippen LogP contribution in [0.4, 0.5) is 0 Å². The van der Waals surface area contributed by atoms with E-state index in [0.29, 0.717) is 29.6 Å². The van der Waals surface area contributed by atoms with Crippen molar-refractivity contribution < 1.29 is 9.47 Å². The van der Waals surface area contributed by atoms with Gasteiger partial charge in [0.05, 0.1) is 11.2 Å². The molecule has 0 aliphatic heterocycles. The van der Waals surface area contributed by atoms with Gasteiger partial charge in [-0.15, -0.1) is 0 Å². The number of hydrogen-bond acceptors (Lipinski definition) is 2. The third-order valence-electron chi connectivity index (χ3n) is 8.85. The van der Waals surface area contributed by atoms with E-state index in [-0.39, 0.29) is 11.2 Å². The first kappa shape index (κ1) is 42.4. The van der Waals surface area contributed by atoms with E-state index in [0.717, 1.165) is 31.6 Å². The second kappa shape index (κ2) is 24.6. The second-order valence-corrected chi connectivity index (χ2v) is 15.0. The molecule has 254 valence electrons. The summed E-state index contributed by atoms with van der Waals surface area (Å²) < 4.78 is 11.0. The zero-order valence-electron chi connectivity index (χ0n) is 31.3. The van der Waals surface area contributed by atoms with Crippen LogP contribution in [0.25, 0.3) is 0 Å². The fraction of sp³-hybridized carbons (Fsp3) is 0.714. The van der Waals surface area contributed by atoms with Gasteiger partial charge in [-0.05, 0) is 102 Å². The van der Waals surface area contributed by atoms with Crippen molar-refractivity contribution in [2.75, 3.05) is 14.2 Å². The molecule has 0 fully saturated rings. The van der Waals surface area contributed by atoms with Gasteiger partial charge in [0.1, 0.15) is 0 Å². The van der Waals surface area contributed by atoms with Crippen molar-refractivity contribution in [3.05, 3.63) is 72.9 Å². The van der Waals surface area contributed by atoms with Gasteiger partial charge in [0.2, 0.25) is 0 Å². The van der Waals surface area contributed by atoms with Crippen molar-refractivity contribution in [2.24, 2.45) is 35.5 Å². The Morgan fingerprint density at radius 1 is 0.477 bits per heavy atom. The van der Waals surface area contributed by atoms with E-state index >= 15 is 0 Å².